The monoisotopic (exact) mass is 223 g/mol. The molecule has 2 atom stereocenters. The molecule has 1 saturated heterocycles. The first-order valence-electron chi connectivity index (χ1n) is 6.16. The number of hydrogen-bond acceptors (Lipinski definition) is 3. The van der Waals surface area contributed by atoms with Crippen LogP contribution in [0.2, 0.25) is 0 Å². The molecule has 16 heavy (non-hydrogen) atoms. The Balaban J connectivity index is 2.14. The van der Waals surface area contributed by atoms with Crippen molar-refractivity contribution in [3.05, 3.63) is 17.5 Å². The molecule has 0 saturated carbocycles. The third-order valence-electron chi connectivity index (χ3n) is 3.32. The Hall–Kier alpha value is -0.870. The Bertz CT molecular complexity index is 342. The summed E-state index contributed by atoms with van der Waals surface area (Å²) in [4.78, 5) is 0. The summed E-state index contributed by atoms with van der Waals surface area (Å²) < 4.78 is 1.79. The molecule has 2 heterocycles. The van der Waals surface area contributed by atoms with E-state index in [9.17, 15) is 5.11 Å². The molecular formula is C12H21N3O. The van der Waals surface area contributed by atoms with Crippen LogP contribution in [0.3, 0.4) is 0 Å². The summed E-state index contributed by atoms with van der Waals surface area (Å²) in [6, 6.07) is 0.197. The molecular weight excluding hydrogens is 202 g/mol. The summed E-state index contributed by atoms with van der Waals surface area (Å²) in [5.41, 5.74) is 2.01. The van der Waals surface area contributed by atoms with E-state index in [2.05, 4.69) is 17.3 Å². The van der Waals surface area contributed by atoms with E-state index in [-0.39, 0.29) is 6.04 Å². The van der Waals surface area contributed by atoms with Crippen molar-refractivity contribution in [2.24, 2.45) is 7.05 Å². The largest absolute Gasteiger partial charge is 0.387 e. The molecule has 0 spiro atoms. The van der Waals surface area contributed by atoms with Gasteiger partial charge in [-0.15, -0.1) is 0 Å². The second-order valence-corrected chi connectivity index (χ2v) is 4.56. The molecule has 4 nitrogen and oxygen atoms in total. The highest BCUT2D eigenvalue weighted by Crippen LogP contribution is 2.25. The van der Waals surface area contributed by atoms with Gasteiger partial charge in [0.25, 0.3) is 0 Å². The van der Waals surface area contributed by atoms with Crippen LogP contribution in [-0.2, 0) is 13.5 Å². The standard InChI is InChI=1S/C12H21N3O/c1-3-10-9(8-15(2)14-10)12(16)11-6-4-5-7-13-11/h8,11-13,16H,3-7H2,1-2H3. The van der Waals surface area contributed by atoms with Gasteiger partial charge in [-0.05, 0) is 25.8 Å². The van der Waals surface area contributed by atoms with Gasteiger partial charge in [0, 0.05) is 24.8 Å². The molecule has 1 aromatic rings. The van der Waals surface area contributed by atoms with Gasteiger partial charge in [-0.3, -0.25) is 4.68 Å². The predicted octanol–water partition coefficient (Wildman–Crippen LogP) is 1.16. The second-order valence-electron chi connectivity index (χ2n) is 4.56. The Labute approximate surface area is 96.7 Å². The van der Waals surface area contributed by atoms with E-state index in [1.165, 1.54) is 12.8 Å². The number of hydrogen-bond donors (Lipinski definition) is 2. The number of piperidine rings is 1. The highest BCUT2D eigenvalue weighted by atomic mass is 16.3. The lowest BCUT2D eigenvalue weighted by molar-refractivity contribution is 0.113. The predicted molar refractivity (Wildman–Crippen MR) is 63.2 cm³/mol. The molecule has 1 aromatic heterocycles. The van der Waals surface area contributed by atoms with Crippen LogP contribution in [-0.4, -0.2) is 27.5 Å². The molecule has 0 aliphatic carbocycles. The van der Waals surface area contributed by atoms with E-state index < -0.39 is 6.10 Å². The molecule has 1 aliphatic rings. The average molecular weight is 223 g/mol. The topological polar surface area (TPSA) is 50.1 Å². The van der Waals surface area contributed by atoms with Gasteiger partial charge >= 0.3 is 0 Å². The van der Waals surface area contributed by atoms with Crippen molar-refractivity contribution in [3.63, 3.8) is 0 Å². The molecule has 0 radical (unpaired) electrons. The van der Waals surface area contributed by atoms with Crippen LogP contribution in [0.15, 0.2) is 6.20 Å². The van der Waals surface area contributed by atoms with Gasteiger partial charge in [0.15, 0.2) is 0 Å². The number of nitrogens with one attached hydrogen (secondary N) is 1. The summed E-state index contributed by atoms with van der Waals surface area (Å²) >= 11 is 0. The minimum absolute atomic E-state index is 0.197. The van der Waals surface area contributed by atoms with Crippen molar-refractivity contribution in [3.8, 4) is 0 Å². The van der Waals surface area contributed by atoms with E-state index in [0.717, 1.165) is 30.6 Å². The summed E-state index contributed by atoms with van der Waals surface area (Å²) in [5, 5.41) is 18.1. The SMILES string of the molecule is CCc1nn(C)cc1C(O)C1CCCCN1. The van der Waals surface area contributed by atoms with Crippen molar-refractivity contribution in [1.82, 2.24) is 15.1 Å². The Kier molecular flexibility index (Phi) is 3.61. The molecule has 0 amide bonds. The van der Waals surface area contributed by atoms with Gasteiger partial charge in [-0.2, -0.15) is 5.10 Å². The smallest absolute Gasteiger partial charge is 0.0975 e. The molecule has 2 N–H and O–H groups in total. The van der Waals surface area contributed by atoms with Crippen molar-refractivity contribution < 1.29 is 5.11 Å². The number of aliphatic hydroxyl groups excluding tert-OH is 1. The lowest BCUT2D eigenvalue weighted by atomic mass is 9.95. The zero-order chi connectivity index (χ0) is 11.5. The fourth-order valence-corrected chi connectivity index (χ4v) is 2.44. The van der Waals surface area contributed by atoms with E-state index in [4.69, 9.17) is 0 Å². The molecule has 0 aromatic carbocycles. The zero-order valence-electron chi connectivity index (χ0n) is 10.1. The first kappa shape index (κ1) is 11.6. The van der Waals surface area contributed by atoms with Gasteiger partial charge in [-0.25, -0.2) is 0 Å². The van der Waals surface area contributed by atoms with Crippen LogP contribution >= 0.6 is 0 Å². The highest BCUT2D eigenvalue weighted by Gasteiger charge is 2.25. The second kappa shape index (κ2) is 4.97. The van der Waals surface area contributed by atoms with E-state index in [0.29, 0.717) is 0 Å². The van der Waals surface area contributed by atoms with Gasteiger partial charge in [-0.1, -0.05) is 13.3 Å². The Morgan fingerprint density at radius 2 is 2.44 bits per heavy atom. The van der Waals surface area contributed by atoms with Crippen LogP contribution < -0.4 is 5.32 Å². The van der Waals surface area contributed by atoms with Crippen LogP contribution in [0.4, 0.5) is 0 Å². The van der Waals surface area contributed by atoms with E-state index in [1.807, 2.05) is 13.2 Å². The Morgan fingerprint density at radius 3 is 3.06 bits per heavy atom. The summed E-state index contributed by atoms with van der Waals surface area (Å²) in [7, 11) is 1.91. The first-order valence-corrected chi connectivity index (χ1v) is 6.16. The molecule has 4 heteroatoms. The van der Waals surface area contributed by atoms with Crippen LogP contribution in [0.1, 0.15) is 43.5 Å². The summed E-state index contributed by atoms with van der Waals surface area (Å²) in [6.07, 6.45) is 5.88. The normalized spacial score (nSPS) is 23.3. The van der Waals surface area contributed by atoms with Gasteiger partial charge < -0.3 is 10.4 Å². The molecule has 2 rings (SSSR count). The first-order chi connectivity index (χ1) is 7.72. The van der Waals surface area contributed by atoms with E-state index >= 15 is 0 Å². The molecule has 90 valence electrons. The quantitative estimate of drug-likeness (QED) is 0.808. The molecule has 1 aliphatic heterocycles. The lowest BCUT2D eigenvalue weighted by Gasteiger charge is -2.27. The third-order valence-corrected chi connectivity index (χ3v) is 3.32. The number of aromatic nitrogens is 2. The maximum Gasteiger partial charge on any atom is 0.0975 e. The van der Waals surface area contributed by atoms with Crippen LogP contribution in [0, 0.1) is 0 Å². The van der Waals surface area contributed by atoms with Crippen molar-refractivity contribution in [2.45, 2.75) is 44.8 Å². The van der Waals surface area contributed by atoms with Crippen molar-refractivity contribution >= 4 is 0 Å². The molecule has 1 fully saturated rings. The lowest BCUT2D eigenvalue weighted by Crippen LogP contribution is -2.38. The van der Waals surface area contributed by atoms with E-state index in [1.54, 1.807) is 4.68 Å². The maximum atomic E-state index is 10.4. The van der Waals surface area contributed by atoms with Gasteiger partial charge in [0.1, 0.15) is 0 Å². The third kappa shape index (κ3) is 2.28. The summed E-state index contributed by atoms with van der Waals surface area (Å²) in [6.45, 7) is 3.09. The maximum absolute atomic E-state index is 10.4. The van der Waals surface area contributed by atoms with Gasteiger partial charge in [0.05, 0.1) is 11.8 Å². The fraction of sp³-hybridized carbons (Fsp3) is 0.750. The Morgan fingerprint density at radius 1 is 1.62 bits per heavy atom. The number of aliphatic hydroxyl groups is 1. The number of aryl methyl sites for hydroxylation is 2. The van der Waals surface area contributed by atoms with Crippen LogP contribution in [0.25, 0.3) is 0 Å². The molecule has 2 unspecified atom stereocenters. The number of nitrogens with zero attached hydrogens (tertiary/aromatic N) is 2. The zero-order valence-corrected chi connectivity index (χ0v) is 10.1. The fourth-order valence-electron chi connectivity index (χ4n) is 2.44. The summed E-state index contributed by atoms with van der Waals surface area (Å²) in [5.74, 6) is 0. The highest BCUT2D eigenvalue weighted by molar-refractivity contribution is 5.21. The minimum Gasteiger partial charge on any atom is -0.387 e. The average Bonchev–Trinajstić information content (AvgIpc) is 2.70. The minimum atomic E-state index is -0.413. The molecule has 0 bridgehead atoms. The van der Waals surface area contributed by atoms with Gasteiger partial charge in [0.2, 0.25) is 0 Å². The van der Waals surface area contributed by atoms with Crippen molar-refractivity contribution in [2.75, 3.05) is 6.54 Å². The van der Waals surface area contributed by atoms with Crippen LogP contribution in [0.5, 0.6) is 0 Å². The number of rotatable bonds is 3. The van der Waals surface area contributed by atoms with Crippen molar-refractivity contribution in [1.29, 1.82) is 0 Å².